The second kappa shape index (κ2) is 5.98. The maximum absolute atomic E-state index is 5.66. The summed E-state index contributed by atoms with van der Waals surface area (Å²) in [4.78, 5) is 6.63. The van der Waals surface area contributed by atoms with Gasteiger partial charge in [-0.3, -0.25) is 0 Å². The van der Waals surface area contributed by atoms with E-state index in [0.717, 1.165) is 32.7 Å². The summed E-state index contributed by atoms with van der Waals surface area (Å²) in [6, 6.07) is 0. The van der Waals surface area contributed by atoms with Gasteiger partial charge in [-0.25, -0.2) is 0 Å². The van der Waals surface area contributed by atoms with Crippen molar-refractivity contribution in [1.29, 1.82) is 0 Å². The molecule has 0 radical (unpaired) electrons. The van der Waals surface area contributed by atoms with E-state index in [9.17, 15) is 0 Å². The number of morpholine rings is 1. The first kappa shape index (κ1) is 14.4. The summed E-state index contributed by atoms with van der Waals surface area (Å²) in [5, 5.41) is 7.42. The molecule has 1 aliphatic rings. The molecule has 0 spiro atoms. The number of hydrogen-bond acceptors (Lipinski definition) is 6. The van der Waals surface area contributed by atoms with Crippen LogP contribution in [0.15, 0.2) is 4.52 Å². The zero-order chi connectivity index (χ0) is 13.9. The minimum atomic E-state index is -0.0631. The summed E-state index contributed by atoms with van der Waals surface area (Å²) in [5.41, 5.74) is 0.109. The smallest absolute Gasteiger partial charge is 0.228 e. The van der Waals surface area contributed by atoms with Crippen LogP contribution in [-0.2, 0) is 11.2 Å². The van der Waals surface area contributed by atoms with E-state index in [4.69, 9.17) is 9.26 Å². The topological polar surface area (TPSA) is 63.4 Å². The number of nitrogens with one attached hydrogen (secondary N) is 1. The Kier molecular flexibility index (Phi) is 4.54. The first-order chi connectivity index (χ1) is 8.94. The monoisotopic (exact) mass is 268 g/mol. The fraction of sp³-hybridized carbons (Fsp3) is 0.846. The molecule has 1 atom stereocenters. The molecule has 6 heteroatoms. The molecular formula is C13H24N4O2. The van der Waals surface area contributed by atoms with Crippen LogP contribution < -0.4 is 5.32 Å². The molecule has 0 amide bonds. The molecule has 0 aliphatic carbocycles. The second-order valence-electron chi connectivity index (χ2n) is 6.09. The van der Waals surface area contributed by atoms with Gasteiger partial charge in [0.2, 0.25) is 11.7 Å². The van der Waals surface area contributed by atoms with Crippen molar-refractivity contribution in [3.63, 3.8) is 0 Å². The third-order valence-electron chi connectivity index (χ3n) is 3.04. The summed E-state index contributed by atoms with van der Waals surface area (Å²) in [7, 11) is 2.07. The Labute approximate surface area is 114 Å². The molecule has 1 fully saturated rings. The van der Waals surface area contributed by atoms with Crippen LogP contribution in [0.4, 0.5) is 0 Å². The van der Waals surface area contributed by atoms with Gasteiger partial charge in [-0.1, -0.05) is 5.16 Å². The van der Waals surface area contributed by atoms with Crippen molar-refractivity contribution >= 4 is 0 Å². The van der Waals surface area contributed by atoms with E-state index in [-0.39, 0.29) is 11.6 Å². The van der Waals surface area contributed by atoms with Crippen molar-refractivity contribution in [3.05, 3.63) is 11.7 Å². The third kappa shape index (κ3) is 4.56. The minimum absolute atomic E-state index is 0.0631. The standard InChI is InChI=1S/C13H24N4O2/c1-13(2,3)14-6-5-11-15-12(16-19-11)10-9-17(4)7-8-18-10/h10,14H,5-9H2,1-4H3. The summed E-state index contributed by atoms with van der Waals surface area (Å²) < 4.78 is 10.9. The van der Waals surface area contributed by atoms with Crippen molar-refractivity contribution in [1.82, 2.24) is 20.4 Å². The highest BCUT2D eigenvalue weighted by molar-refractivity contribution is 4.94. The molecule has 1 N–H and O–H groups in total. The van der Waals surface area contributed by atoms with Crippen molar-refractivity contribution in [2.75, 3.05) is 33.3 Å². The largest absolute Gasteiger partial charge is 0.367 e. The van der Waals surface area contributed by atoms with Crippen molar-refractivity contribution < 1.29 is 9.26 Å². The van der Waals surface area contributed by atoms with Gasteiger partial charge in [-0.05, 0) is 27.8 Å². The van der Waals surface area contributed by atoms with E-state index in [2.05, 4.69) is 48.2 Å². The molecule has 1 aliphatic heterocycles. The van der Waals surface area contributed by atoms with Crippen molar-refractivity contribution in [2.45, 2.75) is 38.8 Å². The summed E-state index contributed by atoms with van der Waals surface area (Å²) in [6.45, 7) is 9.73. The third-order valence-corrected chi connectivity index (χ3v) is 3.04. The normalized spacial score (nSPS) is 21.8. The molecule has 1 saturated heterocycles. The van der Waals surface area contributed by atoms with Crippen LogP contribution in [0.1, 0.15) is 38.6 Å². The van der Waals surface area contributed by atoms with Gasteiger partial charge in [0.1, 0.15) is 6.10 Å². The van der Waals surface area contributed by atoms with Crippen LogP contribution in [0.2, 0.25) is 0 Å². The van der Waals surface area contributed by atoms with E-state index in [1.165, 1.54) is 0 Å². The lowest BCUT2D eigenvalue weighted by atomic mass is 10.1. The summed E-state index contributed by atoms with van der Waals surface area (Å²) in [6.07, 6.45) is 0.680. The van der Waals surface area contributed by atoms with Crippen LogP contribution in [0.25, 0.3) is 0 Å². The Morgan fingerprint density at radius 1 is 1.42 bits per heavy atom. The molecule has 1 unspecified atom stereocenters. The maximum Gasteiger partial charge on any atom is 0.228 e. The molecule has 19 heavy (non-hydrogen) atoms. The van der Waals surface area contributed by atoms with Crippen LogP contribution in [0.3, 0.4) is 0 Å². The molecule has 1 aromatic rings. The number of hydrogen-bond donors (Lipinski definition) is 1. The number of aromatic nitrogens is 2. The van der Waals surface area contributed by atoms with E-state index in [1.54, 1.807) is 0 Å². The second-order valence-corrected chi connectivity index (χ2v) is 6.09. The quantitative estimate of drug-likeness (QED) is 0.879. The van der Waals surface area contributed by atoms with E-state index in [1.807, 2.05) is 0 Å². The van der Waals surface area contributed by atoms with E-state index < -0.39 is 0 Å². The first-order valence-corrected chi connectivity index (χ1v) is 6.82. The highest BCUT2D eigenvalue weighted by Gasteiger charge is 2.24. The van der Waals surface area contributed by atoms with Gasteiger partial charge < -0.3 is 19.5 Å². The molecule has 0 saturated carbocycles. The Morgan fingerprint density at radius 2 is 2.21 bits per heavy atom. The zero-order valence-corrected chi connectivity index (χ0v) is 12.3. The van der Waals surface area contributed by atoms with Gasteiger partial charge in [-0.2, -0.15) is 4.98 Å². The van der Waals surface area contributed by atoms with Gasteiger partial charge >= 0.3 is 0 Å². The fourth-order valence-electron chi connectivity index (χ4n) is 1.98. The SMILES string of the molecule is CN1CCOC(c2noc(CCNC(C)(C)C)n2)C1. The van der Waals surface area contributed by atoms with Crippen LogP contribution in [-0.4, -0.2) is 53.9 Å². The van der Waals surface area contributed by atoms with Gasteiger partial charge in [-0.15, -0.1) is 0 Å². The lowest BCUT2D eigenvalue weighted by Crippen LogP contribution is -2.37. The average Bonchev–Trinajstić information content (AvgIpc) is 2.76. The van der Waals surface area contributed by atoms with E-state index >= 15 is 0 Å². The fourth-order valence-corrected chi connectivity index (χ4v) is 1.98. The van der Waals surface area contributed by atoms with Crippen LogP contribution in [0, 0.1) is 0 Å². The molecule has 108 valence electrons. The number of likely N-dealkylation sites (N-methyl/N-ethyl adjacent to an activating group) is 1. The molecular weight excluding hydrogens is 244 g/mol. The Balaban J connectivity index is 1.85. The zero-order valence-electron chi connectivity index (χ0n) is 12.3. The number of rotatable bonds is 4. The summed E-state index contributed by atoms with van der Waals surface area (Å²) >= 11 is 0. The molecule has 2 rings (SSSR count). The molecule has 2 heterocycles. The van der Waals surface area contributed by atoms with E-state index in [0.29, 0.717) is 11.7 Å². The van der Waals surface area contributed by atoms with Crippen LogP contribution in [0.5, 0.6) is 0 Å². The molecule has 0 aromatic carbocycles. The van der Waals surface area contributed by atoms with Gasteiger partial charge in [0, 0.05) is 31.6 Å². The average molecular weight is 268 g/mol. The molecule has 6 nitrogen and oxygen atoms in total. The van der Waals surface area contributed by atoms with Crippen LogP contribution >= 0.6 is 0 Å². The predicted octanol–water partition coefficient (Wildman–Crippen LogP) is 1.00. The van der Waals surface area contributed by atoms with Crippen molar-refractivity contribution in [3.8, 4) is 0 Å². The Hall–Kier alpha value is -0.980. The van der Waals surface area contributed by atoms with Gasteiger partial charge in [0.25, 0.3) is 0 Å². The maximum atomic E-state index is 5.66. The Bertz CT molecular complexity index is 400. The summed E-state index contributed by atoms with van der Waals surface area (Å²) in [5.74, 6) is 1.33. The van der Waals surface area contributed by atoms with Gasteiger partial charge in [0.05, 0.1) is 6.61 Å². The first-order valence-electron chi connectivity index (χ1n) is 6.82. The number of ether oxygens (including phenoxy) is 1. The lowest BCUT2D eigenvalue weighted by Gasteiger charge is -2.27. The predicted molar refractivity (Wildman–Crippen MR) is 71.9 cm³/mol. The molecule has 0 bridgehead atoms. The number of nitrogens with zero attached hydrogens (tertiary/aromatic N) is 3. The minimum Gasteiger partial charge on any atom is -0.367 e. The highest BCUT2D eigenvalue weighted by atomic mass is 16.5. The van der Waals surface area contributed by atoms with Crippen molar-refractivity contribution in [2.24, 2.45) is 0 Å². The van der Waals surface area contributed by atoms with Gasteiger partial charge in [0.15, 0.2) is 0 Å². The highest BCUT2D eigenvalue weighted by Crippen LogP contribution is 2.18. The Morgan fingerprint density at radius 3 is 2.89 bits per heavy atom. The molecule has 1 aromatic heterocycles. The lowest BCUT2D eigenvalue weighted by molar-refractivity contribution is -0.0264.